The van der Waals surface area contributed by atoms with Crippen LogP contribution in [0.25, 0.3) is 0 Å². The summed E-state index contributed by atoms with van der Waals surface area (Å²) in [6.45, 7) is 0.513. The molecular formula is C22H25F2NO4. The molecule has 0 spiro atoms. The highest BCUT2D eigenvalue weighted by Crippen LogP contribution is 2.30. The fraction of sp³-hybridized carbons (Fsp3) is 0.455. The molecule has 0 radical (unpaired) electrons. The fourth-order valence-corrected chi connectivity index (χ4v) is 3.94. The van der Waals surface area contributed by atoms with E-state index in [1.807, 2.05) is 0 Å². The Kier molecular flexibility index (Phi) is 5.99. The lowest BCUT2D eigenvalue weighted by molar-refractivity contribution is 0.00892. The first kappa shape index (κ1) is 20.1. The molecular weight excluding hydrogens is 380 g/mol. The summed E-state index contributed by atoms with van der Waals surface area (Å²) in [5.74, 6) is 0.624. The molecule has 4 rings (SSSR count). The molecule has 0 saturated carbocycles. The highest BCUT2D eigenvalue weighted by Gasteiger charge is 2.29. The third-order valence-electron chi connectivity index (χ3n) is 5.56. The van der Waals surface area contributed by atoms with Gasteiger partial charge in [-0.05, 0) is 73.2 Å². The van der Waals surface area contributed by atoms with Gasteiger partial charge in [-0.3, -0.25) is 0 Å². The Balaban J connectivity index is 1.24. The van der Waals surface area contributed by atoms with E-state index in [1.165, 1.54) is 24.3 Å². The van der Waals surface area contributed by atoms with Crippen LogP contribution in [-0.4, -0.2) is 47.7 Å². The van der Waals surface area contributed by atoms with Crippen molar-refractivity contribution in [1.82, 2.24) is 5.32 Å². The second-order valence-electron chi connectivity index (χ2n) is 7.69. The van der Waals surface area contributed by atoms with Crippen LogP contribution in [0.5, 0.6) is 11.5 Å². The number of ether oxygens (including phenoxy) is 2. The quantitative estimate of drug-likeness (QED) is 0.688. The van der Waals surface area contributed by atoms with Gasteiger partial charge in [-0.2, -0.15) is 0 Å². The normalized spacial score (nSPS) is 22.6. The first-order valence-corrected chi connectivity index (χ1v) is 9.96. The summed E-state index contributed by atoms with van der Waals surface area (Å²) in [7, 11) is 0. The molecule has 4 atom stereocenters. The first-order chi connectivity index (χ1) is 14.0. The molecule has 0 aliphatic carbocycles. The Bertz CT molecular complexity index is 793. The molecule has 2 aliphatic rings. The summed E-state index contributed by atoms with van der Waals surface area (Å²) in [5, 5.41) is 23.9. The molecule has 2 aromatic carbocycles. The number of aryl methyl sites for hydroxylation is 2. The molecule has 29 heavy (non-hydrogen) atoms. The first-order valence-electron chi connectivity index (χ1n) is 9.96. The minimum atomic E-state index is -0.753. The van der Waals surface area contributed by atoms with Gasteiger partial charge in [-0.25, -0.2) is 8.78 Å². The van der Waals surface area contributed by atoms with Gasteiger partial charge in [-0.1, -0.05) is 0 Å². The van der Waals surface area contributed by atoms with Crippen LogP contribution < -0.4 is 14.8 Å². The van der Waals surface area contributed by atoms with Crippen molar-refractivity contribution < 1.29 is 28.5 Å². The highest BCUT2D eigenvalue weighted by atomic mass is 19.1. The lowest BCUT2D eigenvalue weighted by Crippen LogP contribution is -2.46. The minimum absolute atomic E-state index is 0.257. The third kappa shape index (κ3) is 4.69. The Morgan fingerprint density at radius 2 is 1.28 bits per heavy atom. The maximum atomic E-state index is 13.3. The van der Waals surface area contributed by atoms with Crippen LogP contribution >= 0.6 is 0 Å². The lowest BCUT2D eigenvalue weighted by Gasteiger charge is -2.31. The minimum Gasteiger partial charge on any atom is -0.487 e. The standard InChI is InChI=1S/C22H25F2NO4/c23-15-3-7-19-13(9-15)1-5-21(28-19)17(26)11-25-12-18(27)22-6-2-14-10-16(24)4-8-20(14)29-22/h3-4,7-10,17-18,21-22,25-27H,1-2,5-6,11-12H2/t17-,18?,21?,22-/m1/s1. The largest absolute Gasteiger partial charge is 0.487 e. The van der Waals surface area contributed by atoms with Crippen molar-refractivity contribution in [3.8, 4) is 11.5 Å². The van der Waals surface area contributed by atoms with Crippen molar-refractivity contribution in [1.29, 1.82) is 0 Å². The van der Waals surface area contributed by atoms with Gasteiger partial charge in [0.25, 0.3) is 0 Å². The molecule has 7 heteroatoms. The summed E-state index contributed by atoms with van der Waals surface area (Å²) < 4.78 is 38.2. The number of nitrogens with one attached hydrogen (secondary N) is 1. The van der Waals surface area contributed by atoms with Crippen LogP contribution in [0.15, 0.2) is 36.4 Å². The number of fused-ring (bicyclic) bond motifs is 2. The molecule has 0 saturated heterocycles. The third-order valence-corrected chi connectivity index (χ3v) is 5.56. The highest BCUT2D eigenvalue weighted by molar-refractivity contribution is 5.36. The van der Waals surface area contributed by atoms with Gasteiger partial charge in [0.05, 0.1) is 0 Å². The molecule has 5 nitrogen and oxygen atoms in total. The summed E-state index contributed by atoms with van der Waals surface area (Å²) in [4.78, 5) is 0. The van der Waals surface area contributed by atoms with Gasteiger partial charge >= 0.3 is 0 Å². The van der Waals surface area contributed by atoms with E-state index in [4.69, 9.17) is 9.47 Å². The van der Waals surface area contributed by atoms with Crippen molar-refractivity contribution in [3.05, 3.63) is 59.2 Å². The zero-order valence-electron chi connectivity index (χ0n) is 16.0. The average molecular weight is 405 g/mol. The molecule has 0 amide bonds. The average Bonchev–Trinajstić information content (AvgIpc) is 2.72. The monoisotopic (exact) mass is 405 g/mol. The number of hydrogen-bond acceptors (Lipinski definition) is 5. The van der Waals surface area contributed by atoms with Gasteiger partial charge in [0.1, 0.15) is 47.5 Å². The van der Waals surface area contributed by atoms with E-state index in [-0.39, 0.29) is 36.9 Å². The summed E-state index contributed by atoms with van der Waals surface area (Å²) in [6.07, 6.45) is 0.214. The van der Waals surface area contributed by atoms with Gasteiger partial charge in [-0.15, -0.1) is 0 Å². The van der Waals surface area contributed by atoms with Crippen molar-refractivity contribution in [2.75, 3.05) is 13.1 Å². The van der Waals surface area contributed by atoms with Crippen LogP contribution in [0.1, 0.15) is 24.0 Å². The molecule has 3 N–H and O–H groups in total. The van der Waals surface area contributed by atoms with E-state index >= 15 is 0 Å². The number of halogens is 2. The zero-order valence-corrected chi connectivity index (χ0v) is 16.0. The van der Waals surface area contributed by atoms with Gasteiger partial charge in [0, 0.05) is 13.1 Å². The van der Waals surface area contributed by atoms with Crippen LogP contribution in [0, 0.1) is 11.6 Å². The predicted molar refractivity (Wildman–Crippen MR) is 103 cm³/mol. The Labute approximate surface area is 168 Å². The van der Waals surface area contributed by atoms with Crippen molar-refractivity contribution in [3.63, 3.8) is 0 Å². The molecule has 0 bridgehead atoms. The second kappa shape index (κ2) is 8.65. The summed E-state index contributed by atoms with van der Waals surface area (Å²) >= 11 is 0. The second-order valence-corrected chi connectivity index (χ2v) is 7.69. The van der Waals surface area contributed by atoms with Crippen molar-refractivity contribution in [2.24, 2.45) is 0 Å². The number of aliphatic hydroxyl groups excluding tert-OH is 2. The van der Waals surface area contributed by atoms with Gasteiger partial charge < -0.3 is 25.0 Å². The van der Waals surface area contributed by atoms with Crippen LogP contribution in [0.3, 0.4) is 0 Å². The van der Waals surface area contributed by atoms with E-state index in [9.17, 15) is 19.0 Å². The van der Waals surface area contributed by atoms with Crippen LogP contribution in [0.4, 0.5) is 8.78 Å². The molecule has 0 aromatic heterocycles. The number of benzene rings is 2. The molecule has 156 valence electrons. The summed E-state index contributed by atoms with van der Waals surface area (Å²) in [5.41, 5.74) is 1.62. The van der Waals surface area contributed by atoms with E-state index in [2.05, 4.69) is 5.32 Å². The van der Waals surface area contributed by atoms with E-state index in [1.54, 1.807) is 12.1 Å². The predicted octanol–water partition coefficient (Wildman–Crippen LogP) is 2.36. The van der Waals surface area contributed by atoms with E-state index in [0.717, 1.165) is 11.1 Å². The van der Waals surface area contributed by atoms with Crippen LogP contribution in [0.2, 0.25) is 0 Å². The van der Waals surface area contributed by atoms with E-state index in [0.29, 0.717) is 37.2 Å². The maximum Gasteiger partial charge on any atom is 0.126 e. The maximum absolute atomic E-state index is 13.3. The Morgan fingerprint density at radius 3 is 1.72 bits per heavy atom. The summed E-state index contributed by atoms with van der Waals surface area (Å²) in [6, 6.07) is 8.79. The molecule has 2 unspecified atom stereocenters. The van der Waals surface area contributed by atoms with Crippen molar-refractivity contribution in [2.45, 2.75) is 50.1 Å². The Hall–Kier alpha value is -2.22. The van der Waals surface area contributed by atoms with E-state index < -0.39 is 12.2 Å². The molecule has 2 aliphatic heterocycles. The molecule has 0 fully saturated rings. The molecule has 2 heterocycles. The Morgan fingerprint density at radius 1 is 0.828 bits per heavy atom. The lowest BCUT2D eigenvalue weighted by atomic mass is 9.98. The number of rotatable bonds is 6. The topological polar surface area (TPSA) is 71.0 Å². The number of hydrogen-bond donors (Lipinski definition) is 3. The number of aliphatic hydroxyl groups is 2. The fourth-order valence-electron chi connectivity index (χ4n) is 3.94. The smallest absolute Gasteiger partial charge is 0.126 e. The SMILES string of the molecule is OC(CNC[C@@H](O)C1CCc2cc(F)ccc2O1)[C@H]1CCc2cc(F)ccc2O1. The zero-order chi connectivity index (χ0) is 20.4. The van der Waals surface area contributed by atoms with Gasteiger partial charge in [0.2, 0.25) is 0 Å². The van der Waals surface area contributed by atoms with Crippen LogP contribution in [-0.2, 0) is 12.8 Å². The van der Waals surface area contributed by atoms with Crippen molar-refractivity contribution >= 4 is 0 Å². The van der Waals surface area contributed by atoms with Gasteiger partial charge in [0.15, 0.2) is 0 Å². The molecule has 2 aromatic rings.